The van der Waals surface area contributed by atoms with Crippen molar-refractivity contribution < 1.29 is 52.5 Å². The van der Waals surface area contributed by atoms with Gasteiger partial charge in [0.2, 0.25) is 0 Å². The number of benzene rings is 6. The molecular weight excluding hydrogens is 823 g/mol. The van der Waals surface area contributed by atoms with E-state index in [1.54, 1.807) is 121 Å². The highest BCUT2D eigenvalue weighted by Gasteiger charge is 2.51. The van der Waals surface area contributed by atoms with Gasteiger partial charge in [-0.2, -0.15) is 0 Å². The van der Waals surface area contributed by atoms with Gasteiger partial charge in [-0.3, -0.25) is 4.79 Å². The summed E-state index contributed by atoms with van der Waals surface area (Å²) in [6.45, 7) is -0.542. The second-order valence-electron chi connectivity index (χ2n) is 14.1. The van der Waals surface area contributed by atoms with Crippen LogP contribution in [0.2, 0.25) is 0 Å². The Morgan fingerprint density at radius 2 is 0.794 bits per heavy atom. The zero-order chi connectivity index (χ0) is 44.0. The van der Waals surface area contributed by atoms with Crippen LogP contribution in [0.1, 0.15) is 62.1 Å². The third-order valence-corrected chi connectivity index (χ3v) is 11.2. The van der Waals surface area contributed by atoms with Gasteiger partial charge in [-0.15, -0.1) is 11.8 Å². The number of carbonyl (C=O) groups is 6. The third-order valence-electron chi connectivity index (χ3n) is 9.92. The van der Waals surface area contributed by atoms with Crippen LogP contribution in [-0.2, 0) is 23.7 Å². The van der Waals surface area contributed by atoms with Crippen molar-refractivity contribution in [2.45, 2.75) is 29.8 Å². The number of thioether (sulfide) groups is 1. The highest BCUT2D eigenvalue weighted by molar-refractivity contribution is 8.00. The summed E-state index contributed by atoms with van der Waals surface area (Å²) < 4.78 is 30.9. The summed E-state index contributed by atoms with van der Waals surface area (Å²) in [6, 6.07) is 48.3. The van der Waals surface area contributed by atoms with Gasteiger partial charge in [-0.25, -0.2) is 24.0 Å². The molecule has 5 atom stereocenters. The number of nitrogens with zero attached hydrogens (tertiary/aromatic N) is 1. The Morgan fingerprint density at radius 1 is 0.444 bits per heavy atom. The van der Waals surface area contributed by atoms with Crippen molar-refractivity contribution >= 4 is 47.5 Å². The molecule has 0 aliphatic carbocycles. The van der Waals surface area contributed by atoms with E-state index in [0.29, 0.717) is 11.3 Å². The van der Waals surface area contributed by atoms with Crippen molar-refractivity contribution in [3.63, 3.8) is 0 Å². The molecule has 5 unspecified atom stereocenters. The lowest BCUT2D eigenvalue weighted by atomic mass is 10.00. The lowest BCUT2D eigenvalue weighted by Gasteiger charge is -2.39. The Labute approximate surface area is 367 Å². The predicted octanol–water partition coefficient (Wildman–Crippen LogP) is 7.96. The van der Waals surface area contributed by atoms with E-state index in [9.17, 15) is 28.8 Å². The Balaban J connectivity index is 1.40. The molecule has 0 bridgehead atoms. The molecule has 0 saturated carbocycles. The zero-order valence-electron chi connectivity index (χ0n) is 33.7. The first-order valence-corrected chi connectivity index (χ1v) is 21.1. The summed E-state index contributed by atoms with van der Waals surface area (Å²) >= 11 is 1.24. The average Bonchev–Trinajstić information content (AvgIpc) is 3.84. The molecule has 63 heavy (non-hydrogen) atoms. The Morgan fingerprint density at radius 3 is 1.22 bits per heavy atom. The van der Waals surface area contributed by atoms with Crippen LogP contribution in [-0.4, -0.2) is 89.3 Å². The first-order chi connectivity index (χ1) is 30.8. The highest BCUT2D eigenvalue weighted by atomic mass is 32.2. The Kier molecular flexibility index (Phi) is 14.8. The monoisotopic (exact) mass is 863 g/mol. The SMILES string of the molecule is O=C(OCC(OC(=O)c1ccccc1)C(OC(=O)c1ccccc1)C(OC(=O)c1ccccc1)C(OC(=O)c1ccccc1)C1SCCN1C(=O)c1ccccc1)c1ccccc1. The molecule has 13 heteroatoms. The van der Waals surface area contributed by atoms with E-state index >= 15 is 0 Å². The van der Waals surface area contributed by atoms with Crippen molar-refractivity contribution in [3.8, 4) is 0 Å². The molecule has 1 fully saturated rings. The molecule has 0 spiro atoms. The maximum Gasteiger partial charge on any atom is 0.338 e. The van der Waals surface area contributed by atoms with E-state index in [4.69, 9.17) is 23.7 Å². The number of carbonyl (C=O) groups excluding carboxylic acids is 6. The van der Waals surface area contributed by atoms with Crippen molar-refractivity contribution in [1.29, 1.82) is 0 Å². The minimum atomic E-state index is -1.87. The van der Waals surface area contributed by atoms with Gasteiger partial charge >= 0.3 is 29.8 Å². The summed E-state index contributed by atoms with van der Waals surface area (Å²) in [5, 5.41) is -1.07. The fourth-order valence-electron chi connectivity index (χ4n) is 6.78. The minimum absolute atomic E-state index is 0.0685. The summed E-state index contributed by atoms with van der Waals surface area (Å²) in [5.74, 6) is -4.48. The van der Waals surface area contributed by atoms with E-state index in [1.807, 2.05) is 0 Å². The van der Waals surface area contributed by atoms with Gasteiger partial charge < -0.3 is 28.6 Å². The van der Waals surface area contributed by atoms with E-state index in [0.717, 1.165) is 0 Å². The van der Waals surface area contributed by atoms with Crippen molar-refractivity contribution in [2.75, 3.05) is 18.9 Å². The van der Waals surface area contributed by atoms with Gasteiger partial charge in [-0.05, 0) is 72.8 Å². The molecular formula is C50H41NO11S. The maximum absolute atomic E-state index is 14.4. The van der Waals surface area contributed by atoms with E-state index in [-0.39, 0.29) is 34.4 Å². The van der Waals surface area contributed by atoms with Gasteiger partial charge in [0, 0.05) is 17.9 Å². The lowest BCUT2D eigenvalue weighted by molar-refractivity contribution is -0.135. The van der Waals surface area contributed by atoms with Crippen molar-refractivity contribution in [3.05, 3.63) is 215 Å². The van der Waals surface area contributed by atoms with Crippen LogP contribution in [0.4, 0.5) is 0 Å². The topological polar surface area (TPSA) is 152 Å². The minimum Gasteiger partial charge on any atom is -0.458 e. The number of ether oxygens (including phenoxy) is 5. The van der Waals surface area contributed by atoms with Crippen LogP contribution in [0.15, 0.2) is 182 Å². The van der Waals surface area contributed by atoms with Crippen LogP contribution < -0.4 is 0 Å². The quantitative estimate of drug-likeness (QED) is 0.0686. The van der Waals surface area contributed by atoms with E-state index in [1.165, 1.54) is 77.3 Å². The van der Waals surface area contributed by atoms with E-state index in [2.05, 4.69) is 0 Å². The molecule has 7 rings (SSSR count). The number of rotatable bonds is 16. The van der Waals surface area contributed by atoms with Gasteiger partial charge in [0.1, 0.15) is 12.0 Å². The van der Waals surface area contributed by atoms with Crippen LogP contribution in [0.5, 0.6) is 0 Å². The molecule has 1 aliphatic heterocycles. The van der Waals surface area contributed by atoms with Gasteiger partial charge in [-0.1, -0.05) is 109 Å². The molecule has 6 aromatic rings. The van der Waals surface area contributed by atoms with Crippen molar-refractivity contribution in [1.82, 2.24) is 4.90 Å². The zero-order valence-corrected chi connectivity index (χ0v) is 34.5. The Bertz CT molecular complexity index is 2480. The predicted molar refractivity (Wildman–Crippen MR) is 233 cm³/mol. The van der Waals surface area contributed by atoms with Crippen LogP contribution in [0, 0.1) is 0 Å². The number of hydrogen-bond donors (Lipinski definition) is 0. The average molecular weight is 864 g/mol. The first kappa shape index (κ1) is 43.6. The number of hydrogen-bond acceptors (Lipinski definition) is 12. The van der Waals surface area contributed by atoms with Crippen LogP contribution >= 0.6 is 11.8 Å². The lowest BCUT2D eigenvalue weighted by Crippen LogP contribution is -2.58. The molecule has 1 saturated heterocycles. The second-order valence-corrected chi connectivity index (χ2v) is 15.3. The summed E-state index contributed by atoms with van der Waals surface area (Å²) in [6.07, 6.45) is -7.06. The van der Waals surface area contributed by atoms with Gasteiger partial charge in [0.05, 0.1) is 27.8 Å². The van der Waals surface area contributed by atoms with Crippen LogP contribution in [0.25, 0.3) is 0 Å². The molecule has 12 nitrogen and oxygen atoms in total. The molecule has 0 radical (unpaired) electrons. The fraction of sp³-hybridized carbons (Fsp3) is 0.160. The maximum atomic E-state index is 14.4. The first-order valence-electron chi connectivity index (χ1n) is 20.0. The number of esters is 5. The molecule has 6 aromatic carbocycles. The highest BCUT2D eigenvalue weighted by Crippen LogP contribution is 2.35. The standard InChI is InChI=1S/C50H41NO11S/c52-44(34-19-7-1-8-20-34)51-31-32-63-45(51)43(62-50(57)39-29-17-6-18-30-39)42(61-49(56)38-27-15-5-16-28-38)41(60-48(55)37-25-13-4-14-26-37)40(59-47(54)36-23-11-3-12-24-36)33-58-46(53)35-21-9-2-10-22-35/h1-30,40-43,45H,31-33H2. The van der Waals surface area contributed by atoms with Crippen molar-refractivity contribution in [2.24, 2.45) is 0 Å². The smallest absolute Gasteiger partial charge is 0.338 e. The molecule has 318 valence electrons. The normalized spacial score (nSPS) is 15.1. The third kappa shape index (κ3) is 11.3. The molecule has 1 heterocycles. The molecule has 0 aromatic heterocycles. The fourth-order valence-corrected chi connectivity index (χ4v) is 8.10. The molecule has 1 amide bonds. The van der Waals surface area contributed by atoms with E-state index < -0.39 is 72.2 Å². The summed E-state index contributed by atoms with van der Waals surface area (Å²) in [7, 11) is 0. The molecule has 0 N–H and O–H groups in total. The summed E-state index contributed by atoms with van der Waals surface area (Å²) in [5.41, 5.74) is 0.877. The second kappa shape index (κ2) is 21.3. The Hall–Kier alpha value is -7.51. The van der Waals surface area contributed by atoms with Gasteiger partial charge in [0.15, 0.2) is 24.4 Å². The summed E-state index contributed by atoms with van der Waals surface area (Å²) in [4.78, 5) is 86.3. The van der Waals surface area contributed by atoms with Gasteiger partial charge in [0.25, 0.3) is 5.91 Å². The largest absolute Gasteiger partial charge is 0.458 e. The molecule has 1 aliphatic rings. The number of amides is 1. The van der Waals surface area contributed by atoms with Crippen LogP contribution in [0.3, 0.4) is 0 Å².